The van der Waals surface area contributed by atoms with Crippen LogP contribution in [-0.2, 0) is 9.59 Å². The molecule has 2 aromatic rings. The van der Waals surface area contributed by atoms with Crippen LogP contribution in [0.4, 0.5) is 11.4 Å². The summed E-state index contributed by atoms with van der Waals surface area (Å²) >= 11 is 0. The maximum absolute atomic E-state index is 12.4. The lowest BCUT2D eigenvalue weighted by atomic mass is 9.97. The first kappa shape index (κ1) is 20.6. The summed E-state index contributed by atoms with van der Waals surface area (Å²) in [6, 6.07) is 15.5. The number of carbonyl (C=O) groups excluding carboxylic acids is 2. The van der Waals surface area contributed by atoms with Gasteiger partial charge in [0.1, 0.15) is 0 Å². The van der Waals surface area contributed by atoms with Gasteiger partial charge in [0.2, 0.25) is 11.8 Å². The van der Waals surface area contributed by atoms with E-state index in [1.165, 1.54) is 0 Å². The number of nitrogens with one attached hydrogen (secondary N) is 2. The first-order chi connectivity index (χ1) is 12.9. The zero-order chi connectivity index (χ0) is 19.8. The highest BCUT2D eigenvalue weighted by Crippen LogP contribution is 2.26. The monoisotopic (exact) mass is 367 g/mol. The van der Waals surface area contributed by atoms with Crippen LogP contribution >= 0.6 is 0 Å². The Balaban J connectivity index is 1.86. The molecule has 144 valence electrons. The van der Waals surface area contributed by atoms with E-state index in [0.717, 1.165) is 28.9 Å². The highest BCUT2D eigenvalue weighted by molar-refractivity contribution is 5.95. The molecule has 2 aromatic carbocycles. The molecule has 0 saturated carbocycles. The van der Waals surface area contributed by atoms with Crippen LogP contribution in [0.1, 0.15) is 37.3 Å². The molecule has 0 heterocycles. The second-order valence-corrected chi connectivity index (χ2v) is 7.03. The van der Waals surface area contributed by atoms with Crippen LogP contribution in [0.2, 0.25) is 0 Å². The normalized spacial score (nSPS) is 11.9. The summed E-state index contributed by atoms with van der Waals surface area (Å²) < 4.78 is 0. The number of hydrogen-bond donors (Lipinski definition) is 2. The van der Waals surface area contributed by atoms with Gasteiger partial charge >= 0.3 is 0 Å². The van der Waals surface area contributed by atoms with Gasteiger partial charge in [-0.25, -0.2) is 0 Å². The molecule has 1 atom stereocenters. The predicted octanol–water partition coefficient (Wildman–Crippen LogP) is 4.02. The van der Waals surface area contributed by atoms with E-state index >= 15 is 0 Å². The molecule has 0 unspecified atom stereocenters. The molecule has 0 bridgehead atoms. The molecule has 0 aromatic heterocycles. The molecule has 0 aliphatic rings. The third-order valence-corrected chi connectivity index (χ3v) is 4.54. The van der Waals surface area contributed by atoms with Crippen molar-refractivity contribution in [3.8, 4) is 0 Å². The number of carbonyl (C=O) groups is 2. The van der Waals surface area contributed by atoms with E-state index in [9.17, 15) is 9.59 Å². The van der Waals surface area contributed by atoms with Crippen molar-refractivity contribution < 1.29 is 9.59 Å². The summed E-state index contributed by atoms with van der Waals surface area (Å²) in [5.74, 6) is 0.102. The largest absolute Gasteiger partial charge is 0.325 e. The molecule has 27 heavy (non-hydrogen) atoms. The molecule has 2 N–H and O–H groups in total. The van der Waals surface area contributed by atoms with Gasteiger partial charge in [-0.15, -0.1) is 0 Å². The van der Waals surface area contributed by atoms with Crippen LogP contribution in [0, 0.1) is 6.92 Å². The molecule has 0 radical (unpaired) electrons. The lowest BCUT2D eigenvalue weighted by Crippen LogP contribution is -2.36. The number of amides is 2. The Bertz CT molecular complexity index is 771. The minimum Gasteiger partial charge on any atom is -0.325 e. The summed E-state index contributed by atoms with van der Waals surface area (Å²) in [6.45, 7) is 6.57. The van der Waals surface area contributed by atoms with Crippen molar-refractivity contribution in [1.82, 2.24) is 4.90 Å². The minimum atomic E-state index is -0.144. The Labute approximate surface area is 161 Å². The zero-order valence-corrected chi connectivity index (χ0v) is 16.6. The fourth-order valence-electron chi connectivity index (χ4n) is 2.83. The van der Waals surface area contributed by atoms with Gasteiger partial charge in [0.25, 0.3) is 0 Å². The standard InChI is InChI=1S/C22H29N3O2/c1-5-17(3)19-8-6-7-9-20(19)24-22(27)15-25(4)14-21(26)23-18-12-10-16(2)11-13-18/h6-13,17H,5,14-15H2,1-4H3,(H,23,26)(H,24,27)/t17-/m0/s1. The molecule has 5 nitrogen and oxygen atoms in total. The van der Waals surface area contributed by atoms with Gasteiger partial charge in [0.15, 0.2) is 0 Å². The van der Waals surface area contributed by atoms with Crippen molar-refractivity contribution >= 4 is 23.2 Å². The first-order valence-electron chi connectivity index (χ1n) is 9.33. The Kier molecular flexibility index (Phi) is 7.55. The van der Waals surface area contributed by atoms with E-state index in [0.29, 0.717) is 5.92 Å². The number of nitrogens with zero attached hydrogens (tertiary/aromatic N) is 1. The smallest absolute Gasteiger partial charge is 0.238 e. The molecule has 2 amide bonds. The summed E-state index contributed by atoms with van der Waals surface area (Å²) in [7, 11) is 1.76. The second kappa shape index (κ2) is 9.88. The molecular formula is C22H29N3O2. The average molecular weight is 367 g/mol. The first-order valence-corrected chi connectivity index (χ1v) is 9.33. The minimum absolute atomic E-state index is 0.128. The molecule has 0 saturated heterocycles. The van der Waals surface area contributed by atoms with Crippen LogP contribution < -0.4 is 10.6 Å². The highest BCUT2D eigenvalue weighted by Gasteiger charge is 2.14. The fraction of sp³-hybridized carbons (Fsp3) is 0.364. The highest BCUT2D eigenvalue weighted by atomic mass is 16.2. The Morgan fingerprint density at radius 2 is 1.56 bits per heavy atom. The van der Waals surface area contributed by atoms with Crippen molar-refractivity contribution in [3.05, 3.63) is 59.7 Å². The maximum Gasteiger partial charge on any atom is 0.238 e. The van der Waals surface area contributed by atoms with Crippen LogP contribution in [0.15, 0.2) is 48.5 Å². The van der Waals surface area contributed by atoms with Crippen LogP contribution in [0.25, 0.3) is 0 Å². The van der Waals surface area contributed by atoms with Crippen LogP contribution in [-0.4, -0.2) is 36.9 Å². The van der Waals surface area contributed by atoms with E-state index in [-0.39, 0.29) is 24.9 Å². The van der Waals surface area contributed by atoms with Crippen molar-refractivity contribution in [2.24, 2.45) is 0 Å². The maximum atomic E-state index is 12.4. The second-order valence-electron chi connectivity index (χ2n) is 7.03. The van der Waals surface area contributed by atoms with Gasteiger partial charge in [-0.05, 0) is 50.1 Å². The number of anilines is 2. The average Bonchev–Trinajstić information content (AvgIpc) is 2.63. The summed E-state index contributed by atoms with van der Waals surface area (Å²) in [4.78, 5) is 26.2. The lowest BCUT2D eigenvalue weighted by Gasteiger charge is -2.18. The van der Waals surface area contributed by atoms with Crippen molar-refractivity contribution in [1.29, 1.82) is 0 Å². The van der Waals surface area contributed by atoms with E-state index in [1.54, 1.807) is 11.9 Å². The molecule has 0 spiro atoms. The Morgan fingerprint density at radius 1 is 0.963 bits per heavy atom. The van der Waals surface area contributed by atoms with Crippen molar-refractivity contribution in [2.45, 2.75) is 33.1 Å². The van der Waals surface area contributed by atoms with E-state index in [1.807, 2.05) is 55.5 Å². The van der Waals surface area contributed by atoms with E-state index in [2.05, 4.69) is 24.5 Å². The third-order valence-electron chi connectivity index (χ3n) is 4.54. The molecule has 0 fully saturated rings. The Hall–Kier alpha value is -2.66. The van der Waals surface area contributed by atoms with Gasteiger partial charge in [0, 0.05) is 11.4 Å². The number of para-hydroxylation sites is 1. The molecule has 5 heteroatoms. The predicted molar refractivity (Wildman–Crippen MR) is 111 cm³/mol. The number of likely N-dealkylation sites (N-methyl/N-ethyl adjacent to an activating group) is 1. The quantitative estimate of drug-likeness (QED) is 0.741. The number of rotatable bonds is 8. The topological polar surface area (TPSA) is 61.4 Å². The number of hydrogen-bond acceptors (Lipinski definition) is 3. The van der Waals surface area contributed by atoms with Gasteiger partial charge in [0.05, 0.1) is 13.1 Å². The van der Waals surface area contributed by atoms with Gasteiger partial charge in [-0.3, -0.25) is 14.5 Å². The third kappa shape index (κ3) is 6.53. The summed E-state index contributed by atoms with van der Waals surface area (Å²) in [5.41, 5.74) is 3.87. The number of aryl methyl sites for hydroxylation is 1. The Morgan fingerprint density at radius 3 is 2.19 bits per heavy atom. The van der Waals surface area contributed by atoms with Crippen LogP contribution in [0.3, 0.4) is 0 Å². The number of benzene rings is 2. The fourth-order valence-corrected chi connectivity index (χ4v) is 2.83. The molecule has 0 aliphatic carbocycles. The van der Waals surface area contributed by atoms with E-state index in [4.69, 9.17) is 0 Å². The molecular weight excluding hydrogens is 338 g/mol. The molecule has 0 aliphatic heterocycles. The van der Waals surface area contributed by atoms with Gasteiger partial charge < -0.3 is 10.6 Å². The summed E-state index contributed by atoms with van der Waals surface area (Å²) in [5, 5.41) is 5.82. The van der Waals surface area contributed by atoms with Crippen molar-refractivity contribution in [3.63, 3.8) is 0 Å². The zero-order valence-electron chi connectivity index (χ0n) is 16.6. The van der Waals surface area contributed by atoms with Gasteiger partial charge in [-0.2, -0.15) is 0 Å². The summed E-state index contributed by atoms with van der Waals surface area (Å²) in [6.07, 6.45) is 1.01. The lowest BCUT2D eigenvalue weighted by molar-refractivity contribution is -0.119. The van der Waals surface area contributed by atoms with E-state index < -0.39 is 0 Å². The SMILES string of the molecule is CC[C@H](C)c1ccccc1NC(=O)CN(C)CC(=O)Nc1ccc(C)cc1. The van der Waals surface area contributed by atoms with Gasteiger partial charge in [-0.1, -0.05) is 49.7 Å². The molecule has 2 rings (SSSR count). The van der Waals surface area contributed by atoms with Crippen LogP contribution in [0.5, 0.6) is 0 Å². The van der Waals surface area contributed by atoms with Crippen molar-refractivity contribution in [2.75, 3.05) is 30.8 Å².